The summed E-state index contributed by atoms with van der Waals surface area (Å²) >= 11 is 1.68. The molecule has 0 aromatic carbocycles. The summed E-state index contributed by atoms with van der Waals surface area (Å²) < 4.78 is 17.3. The van der Waals surface area contributed by atoms with Crippen LogP contribution in [0.5, 0.6) is 0 Å². The van der Waals surface area contributed by atoms with Crippen molar-refractivity contribution in [1.82, 2.24) is 4.98 Å². The number of nitrogens with zero attached hydrogens (tertiary/aromatic N) is 3. The first-order chi connectivity index (χ1) is 12.1. The summed E-state index contributed by atoms with van der Waals surface area (Å²) in [4.78, 5) is 8.60. The van der Waals surface area contributed by atoms with Gasteiger partial charge in [0.15, 0.2) is 0 Å². The Morgan fingerprint density at radius 2 is 2.24 bits per heavy atom. The van der Waals surface area contributed by atoms with Crippen LogP contribution in [0.15, 0.2) is 59.1 Å². The van der Waals surface area contributed by atoms with Crippen LogP contribution in [0.1, 0.15) is 12.5 Å². The summed E-state index contributed by atoms with van der Waals surface area (Å²) in [5.41, 5.74) is 1.60. The van der Waals surface area contributed by atoms with Crippen molar-refractivity contribution in [2.75, 3.05) is 6.26 Å². The Kier molecular flexibility index (Phi) is 3.77. The first kappa shape index (κ1) is 15.8. The molecule has 1 aromatic rings. The quantitative estimate of drug-likeness (QED) is 0.761. The molecule has 1 aromatic heterocycles. The molecule has 0 saturated carbocycles. The van der Waals surface area contributed by atoms with Gasteiger partial charge < -0.3 is 14.2 Å². The van der Waals surface area contributed by atoms with Crippen LogP contribution in [0.25, 0.3) is 5.57 Å². The van der Waals surface area contributed by atoms with Gasteiger partial charge in [0.2, 0.25) is 6.10 Å². The summed E-state index contributed by atoms with van der Waals surface area (Å²) in [6.07, 6.45) is 9.95. The maximum atomic E-state index is 9.49. The van der Waals surface area contributed by atoms with Crippen LogP contribution in [-0.2, 0) is 14.2 Å². The third kappa shape index (κ3) is 2.68. The van der Waals surface area contributed by atoms with Crippen molar-refractivity contribution in [2.45, 2.75) is 24.1 Å². The second-order valence-electron chi connectivity index (χ2n) is 5.89. The summed E-state index contributed by atoms with van der Waals surface area (Å²) in [5, 5.41) is 9.49. The van der Waals surface area contributed by atoms with E-state index >= 15 is 0 Å². The number of nitriles is 1. The third-order valence-electron chi connectivity index (χ3n) is 4.20. The Balaban J connectivity index is 1.65. The number of allylic oxidation sites excluding steroid dienone is 2. The molecule has 126 valence electrons. The molecule has 3 unspecified atom stereocenters. The van der Waals surface area contributed by atoms with E-state index < -0.39 is 12.4 Å². The Morgan fingerprint density at radius 3 is 2.96 bits per heavy atom. The fraction of sp³-hybridized carbons (Fsp3) is 0.278. The molecule has 0 amide bonds. The summed E-state index contributed by atoms with van der Waals surface area (Å²) in [7, 11) is 0. The highest BCUT2D eigenvalue weighted by Gasteiger charge is 2.47. The summed E-state index contributed by atoms with van der Waals surface area (Å²) in [6.45, 7) is 2.07. The molecule has 0 spiro atoms. The van der Waals surface area contributed by atoms with Crippen LogP contribution < -0.4 is 0 Å². The standard InChI is InChI=1S/C18H15N3O3S/c1-18(25-2)6-5-13-14(21-10-18)15-17(22-13)24-16(23-15)12(8-19)11-4-3-7-20-9-11/h3-7,9-10,15,17H,1-2H3/b16-12-. The Labute approximate surface area is 149 Å². The van der Waals surface area contributed by atoms with Gasteiger partial charge in [-0.2, -0.15) is 5.26 Å². The van der Waals surface area contributed by atoms with Crippen LogP contribution in [0, 0.1) is 11.3 Å². The first-order valence-electron chi connectivity index (χ1n) is 7.72. The lowest BCUT2D eigenvalue weighted by Gasteiger charge is -2.17. The van der Waals surface area contributed by atoms with Crippen LogP contribution >= 0.6 is 11.8 Å². The van der Waals surface area contributed by atoms with Crippen molar-refractivity contribution in [3.63, 3.8) is 0 Å². The Morgan fingerprint density at radius 1 is 1.36 bits per heavy atom. The van der Waals surface area contributed by atoms with Gasteiger partial charge in [-0.1, -0.05) is 12.1 Å². The number of rotatable bonds is 2. The van der Waals surface area contributed by atoms with E-state index in [4.69, 9.17) is 14.2 Å². The van der Waals surface area contributed by atoms with E-state index in [1.54, 1.807) is 36.3 Å². The molecule has 3 aliphatic rings. The lowest BCUT2D eigenvalue weighted by Crippen LogP contribution is -2.21. The zero-order valence-corrected chi connectivity index (χ0v) is 14.5. The van der Waals surface area contributed by atoms with Gasteiger partial charge in [0.05, 0.1) is 4.75 Å². The lowest BCUT2D eigenvalue weighted by molar-refractivity contribution is -0.0434. The zero-order valence-electron chi connectivity index (χ0n) is 13.7. The zero-order chi connectivity index (χ0) is 17.4. The SMILES string of the molecule is CSC1(C)C=CC2=C(N=C1)C1O/C(=C(\C#N)c3cccnc3)OC1O2. The van der Waals surface area contributed by atoms with Crippen LogP contribution in [0.3, 0.4) is 0 Å². The molecular formula is C18H15N3O3S. The second kappa shape index (κ2) is 5.97. The van der Waals surface area contributed by atoms with Crippen molar-refractivity contribution in [1.29, 1.82) is 5.26 Å². The molecule has 0 radical (unpaired) electrons. The first-order valence-corrected chi connectivity index (χ1v) is 8.94. The molecule has 0 N–H and O–H groups in total. The van der Waals surface area contributed by atoms with E-state index in [-0.39, 0.29) is 16.3 Å². The molecule has 0 bridgehead atoms. The highest BCUT2D eigenvalue weighted by molar-refractivity contribution is 8.00. The van der Waals surface area contributed by atoms with E-state index in [9.17, 15) is 5.26 Å². The molecule has 3 atom stereocenters. The number of fused-ring (bicyclic) bond motifs is 2. The fourth-order valence-corrected chi connectivity index (χ4v) is 3.05. The number of pyridine rings is 1. The fourth-order valence-electron chi connectivity index (χ4n) is 2.68. The average molecular weight is 353 g/mol. The minimum absolute atomic E-state index is 0.146. The van der Waals surface area contributed by atoms with Crippen molar-refractivity contribution < 1.29 is 14.2 Å². The summed E-state index contributed by atoms with van der Waals surface area (Å²) in [5.74, 6) is 0.788. The van der Waals surface area contributed by atoms with Gasteiger partial charge in [0.25, 0.3) is 6.29 Å². The largest absolute Gasteiger partial charge is 0.448 e. The van der Waals surface area contributed by atoms with Gasteiger partial charge in [0, 0.05) is 24.2 Å². The number of aromatic nitrogens is 1. The minimum atomic E-state index is -0.638. The monoisotopic (exact) mass is 353 g/mol. The molecule has 3 aliphatic heterocycles. The van der Waals surface area contributed by atoms with E-state index in [1.807, 2.05) is 24.6 Å². The molecule has 4 rings (SSSR count). The Hall–Kier alpha value is -2.72. The summed E-state index contributed by atoms with van der Waals surface area (Å²) in [6, 6.07) is 5.65. The van der Waals surface area contributed by atoms with Crippen LogP contribution in [-0.4, -0.2) is 34.6 Å². The highest BCUT2D eigenvalue weighted by atomic mass is 32.2. The topological polar surface area (TPSA) is 76.7 Å². The number of ether oxygens (including phenoxy) is 3. The van der Waals surface area contributed by atoms with E-state index in [0.717, 1.165) is 0 Å². The number of aliphatic imine (C=N–C) groups is 1. The molecule has 6 nitrogen and oxygen atoms in total. The number of hydrogen-bond acceptors (Lipinski definition) is 7. The number of hydrogen-bond donors (Lipinski definition) is 0. The lowest BCUT2D eigenvalue weighted by atomic mass is 10.1. The van der Waals surface area contributed by atoms with Gasteiger partial charge in [0.1, 0.15) is 23.1 Å². The van der Waals surface area contributed by atoms with E-state index in [0.29, 0.717) is 17.0 Å². The molecular weight excluding hydrogens is 338 g/mol. The van der Waals surface area contributed by atoms with Gasteiger partial charge in [-0.3, -0.25) is 9.98 Å². The van der Waals surface area contributed by atoms with Crippen LogP contribution in [0.2, 0.25) is 0 Å². The van der Waals surface area contributed by atoms with Gasteiger partial charge in [-0.05, 0) is 25.3 Å². The van der Waals surface area contributed by atoms with Crippen molar-refractivity contribution in [2.24, 2.45) is 4.99 Å². The van der Waals surface area contributed by atoms with Crippen LogP contribution in [0.4, 0.5) is 0 Å². The normalized spacial score (nSPS) is 31.2. The molecule has 0 aliphatic carbocycles. The molecule has 1 fully saturated rings. The maximum absolute atomic E-state index is 9.49. The molecule has 4 heterocycles. The van der Waals surface area contributed by atoms with E-state index in [2.05, 4.69) is 23.0 Å². The predicted molar refractivity (Wildman–Crippen MR) is 94.2 cm³/mol. The van der Waals surface area contributed by atoms with E-state index in [1.165, 1.54) is 0 Å². The average Bonchev–Trinajstić information content (AvgIpc) is 3.12. The highest BCUT2D eigenvalue weighted by Crippen LogP contribution is 2.41. The van der Waals surface area contributed by atoms with Gasteiger partial charge in [-0.15, -0.1) is 11.8 Å². The minimum Gasteiger partial charge on any atom is -0.448 e. The molecule has 1 saturated heterocycles. The molecule has 7 heteroatoms. The maximum Gasteiger partial charge on any atom is 0.302 e. The number of thioether (sulfide) groups is 1. The Bertz CT molecular complexity index is 869. The third-order valence-corrected chi connectivity index (χ3v) is 5.32. The van der Waals surface area contributed by atoms with Crippen molar-refractivity contribution in [3.05, 3.63) is 59.6 Å². The smallest absolute Gasteiger partial charge is 0.302 e. The molecule has 25 heavy (non-hydrogen) atoms. The van der Waals surface area contributed by atoms with Gasteiger partial charge >= 0.3 is 5.95 Å². The predicted octanol–water partition coefficient (Wildman–Crippen LogP) is 3.02. The second-order valence-corrected chi connectivity index (χ2v) is 7.18. The van der Waals surface area contributed by atoms with Crippen molar-refractivity contribution >= 4 is 23.5 Å². The van der Waals surface area contributed by atoms with Crippen molar-refractivity contribution in [3.8, 4) is 6.07 Å². The van der Waals surface area contributed by atoms with Gasteiger partial charge in [-0.25, -0.2) is 0 Å².